The fourth-order valence-corrected chi connectivity index (χ4v) is 3.50. The molecule has 0 spiro atoms. The largest absolute Gasteiger partial charge is 0.296 e. The van der Waals surface area contributed by atoms with E-state index in [1.54, 1.807) is 23.3 Å². The topological polar surface area (TPSA) is 98.5 Å². The number of amides is 1. The van der Waals surface area contributed by atoms with E-state index in [4.69, 9.17) is 0 Å². The Balaban J connectivity index is 1.61. The maximum Gasteiger partial charge on any atom is 0.260 e. The summed E-state index contributed by atoms with van der Waals surface area (Å²) in [6.45, 7) is 4.02. The van der Waals surface area contributed by atoms with Gasteiger partial charge in [0, 0.05) is 12.4 Å². The van der Waals surface area contributed by atoms with Crippen molar-refractivity contribution in [1.29, 1.82) is 0 Å². The molecule has 0 fully saturated rings. The molecule has 0 aliphatic rings. The molecular formula is C19H17N7OS. The lowest BCUT2D eigenvalue weighted by Gasteiger charge is -2.11. The lowest BCUT2D eigenvalue weighted by molar-refractivity contribution is 0.102. The first-order chi connectivity index (χ1) is 13.6. The van der Waals surface area contributed by atoms with Crippen molar-refractivity contribution >= 4 is 22.4 Å². The Morgan fingerprint density at radius 3 is 2.54 bits per heavy atom. The average molecular weight is 391 g/mol. The number of carbonyl (C=O) groups is 1. The SMILES string of the molecule is CC(C)c1c(C(=O)Nc2nnc(-c3ccccn3)s2)cnn1-c1ccccn1. The Morgan fingerprint density at radius 1 is 1.07 bits per heavy atom. The molecule has 0 saturated carbocycles. The summed E-state index contributed by atoms with van der Waals surface area (Å²) >= 11 is 1.27. The van der Waals surface area contributed by atoms with Crippen molar-refractivity contribution in [3.8, 4) is 16.5 Å². The zero-order valence-electron chi connectivity index (χ0n) is 15.3. The van der Waals surface area contributed by atoms with Crippen molar-refractivity contribution in [1.82, 2.24) is 29.9 Å². The third-order valence-electron chi connectivity index (χ3n) is 3.99. The molecule has 4 aromatic heterocycles. The van der Waals surface area contributed by atoms with Crippen LogP contribution in [0.5, 0.6) is 0 Å². The summed E-state index contributed by atoms with van der Waals surface area (Å²) in [6, 6.07) is 11.1. The zero-order valence-corrected chi connectivity index (χ0v) is 16.1. The van der Waals surface area contributed by atoms with E-state index in [-0.39, 0.29) is 11.8 Å². The predicted molar refractivity (Wildman–Crippen MR) is 107 cm³/mol. The number of aromatic nitrogens is 6. The van der Waals surface area contributed by atoms with Gasteiger partial charge in [0.1, 0.15) is 5.69 Å². The number of carbonyl (C=O) groups excluding carboxylic acids is 1. The fourth-order valence-electron chi connectivity index (χ4n) is 2.78. The minimum absolute atomic E-state index is 0.0729. The summed E-state index contributed by atoms with van der Waals surface area (Å²) in [6.07, 6.45) is 4.94. The van der Waals surface area contributed by atoms with Crippen LogP contribution >= 0.6 is 11.3 Å². The molecule has 0 unspecified atom stereocenters. The normalized spacial score (nSPS) is 11.0. The molecule has 28 heavy (non-hydrogen) atoms. The van der Waals surface area contributed by atoms with E-state index in [0.717, 1.165) is 5.69 Å². The number of hydrogen-bond donors (Lipinski definition) is 1. The first-order valence-electron chi connectivity index (χ1n) is 8.69. The van der Waals surface area contributed by atoms with Gasteiger partial charge in [-0.05, 0) is 30.2 Å². The summed E-state index contributed by atoms with van der Waals surface area (Å²) in [4.78, 5) is 21.4. The van der Waals surface area contributed by atoms with Crippen LogP contribution in [-0.4, -0.2) is 35.9 Å². The number of hydrogen-bond acceptors (Lipinski definition) is 7. The van der Waals surface area contributed by atoms with Crippen LogP contribution in [0.15, 0.2) is 55.0 Å². The molecule has 0 atom stereocenters. The summed E-state index contributed by atoms with van der Waals surface area (Å²) in [5, 5.41) is 16.4. The molecule has 9 heteroatoms. The first-order valence-corrected chi connectivity index (χ1v) is 9.50. The van der Waals surface area contributed by atoms with E-state index in [1.165, 1.54) is 11.3 Å². The van der Waals surface area contributed by atoms with Crippen molar-refractivity contribution in [2.45, 2.75) is 19.8 Å². The molecule has 1 N–H and O–H groups in total. The third-order valence-corrected chi connectivity index (χ3v) is 4.85. The van der Waals surface area contributed by atoms with Crippen molar-refractivity contribution in [2.75, 3.05) is 5.32 Å². The summed E-state index contributed by atoms with van der Waals surface area (Å²) < 4.78 is 1.69. The van der Waals surface area contributed by atoms with Gasteiger partial charge in [-0.15, -0.1) is 10.2 Å². The Bertz CT molecular complexity index is 1090. The van der Waals surface area contributed by atoms with Crippen LogP contribution in [0.4, 0.5) is 5.13 Å². The molecule has 4 aromatic rings. The van der Waals surface area contributed by atoms with Gasteiger partial charge in [-0.3, -0.25) is 15.1 Å². The highest BCUT2D eigenvalue weighted by Crippen LogP contribution is 2.26. The van der Waals surface area contributed by atoms with Crippen LogP contribution in [0.2, 0.25) is 0 Å². The van der Waals surface area contributed by atoms with Gasteiger partial charge in [-0.25, -0.2) is 9.67 Å². The predicted octanol–water partition coefficient (Wildman–Crippen LogP) is 3.56. The zero-order chi connectivity index (χ0) is 19.5. The van der Waals surface area contributed by atoms with Gasteiger partial charge in [0.25, 0.3) is 5.91 Å². The Labute approximate surface area is 165 Å². The molecule has 0 aromatic carbocycles. The van der Waals surface area contributed by atoms with Gasteiger partial charge in [-0.2, -0.15) is 5.10 Å². The number of anilines is 1. The third kappa shape index (κ3) is 3.52. The molecule has 4 rings (SSSR count). The highest BCUT2D eigenvalue weighted by atomic mass is 32.1. The van der Waals surface area contributed by atoms with Crippen LogP contribution in [-0.2, 0) is 0 Å². The van der Waals surface area contributed by atoms with E-state index < -0.39 is 0 Å². The maximum atomic E-state index is 12.9. The van der Waals surface area contributed by atoms with Gasteiger partial charge in [0.2, 0.25) is 5.13 Å². The quantitative estimate of drug-likeness (QED) is 0.558. The summed E-state index contributed by atoms with van der Waals surface area (Å²) in [5.41, 5.74) is 1.98. The number of pyridine rings is 2. The van der Waals surface area contributed by atoms with E-state index in [0.29, 0.717) is 27.2 Å². The van der Waals surface area contributed by atoms with Gasteiger partial charge in [-0.1, -0.05) is 37.3 Å². The van der Waals surface area contributed by atoms with E-state index in [1.807, 2.05) is 50.2 Å². The van der Waals surface area contributed by atoms with Crippen LogP contribution in [0, 0.1) is 0 Å². The van der Waals surface area contributed by atoms with Crippen molar-refractivity contribution in [2.24, 2.45) is 0 Å². The maximum absolute atomic E-state index is 12.9. The molecule has 1 amide bonds. The van der Waals surface area contributed by atoms with E-state index in [2.05, 4.69) is 30.6 Å². The second-order valence-electron chi connectivity index (χ2n) is 6.28. The average Bonchev–Trinajstić information content (AvgIpc) is 3.36. The smallest absolute Gasteiger partial charge is 0.260 e. The van der Waals surface area contributed by atoms with Gasteiger partial charge >= 0.3 is 0 Å². The molecular weight excluding hydrogens is 374 g/mol. The molecule has 8 nitrogen and oxygen atoms in total. The molecule has 4 heterocycles. The summed E-state index contributed by atoms with van der Waals surface area (Å²) in [5.74, 6) is 0.456. The lowest BCUT2D eigenvalue weighted by Crippen LogP contribution is -2.15. The van der Waals surface area contributed by atoms with E-state index >= 15 is 0 Å². The Kier molecular flexibility index (Phi) is 4.90. The van der Waals surface area contributed by atoms with E-state index in [9.17, 15) is 4.79 Å². The Hall–Kier alpha value is -3.46. The second kappa shape index (κ2) is 7.65. The lowest BCUT2D eigenvalue weighted by atomic mass is 10.1. The van der Waals surface area contributed by atoms with Crippen LogP contribution in [0.25, 0.3) is 16.5 Å². The molecule has 140 valence electrons. The number of rotatable bonds is 5. The van der Waals surface area contributed by atoms with Crippen LogP contribution < -0.4 is 5.32 Å². The summed E-state index contributed by atoms with van der Waals surface area (Å²) in [7, 11) is 0. The first kappa shape index (κ1) is 17.9. The van der Waals surface area contributed by atoms with Gasteiger partial charge in [0.05, 0.1) is 17.5 Å². The molecule has 0 aliphatic carbocycles. The van der Waals surface area contributed by atoms with Crippen LogP contribution in [0.1, 0.15) is 35.8 Å². The molecule has 0 bridgehead atoms. The van der Waals surface area contributed by atoms with Crippen molar-refractivity contribution in [3.63, 3.8) is 0 Å². The van der Waals surface area contributed by atoms with Gasteiger partial charge < -0.3 is 0 Å². The van der Waals surface area contributed by atoms with Gasteiger partial charge in [0.15, 0.2) is 10.8 Å². The number of nitrogens with zero attached hydrogens (tertiary/aromatic N) is 6. The van der Waals surface area contributed by atoms with Crippen molar-refractivity contribution in [3.05, 3.63) is 66.2 Å². The molecule has 0 saturated heterocycles. The monoisotopic (exact) mass is 391 g/mol. The minimum Gasteiger partial charge on any atom is -0.296 e. The molecule has 0 aliphatic heterocycles. The van der Waals surface area contributed by atoms with Crippen molar-refractivity contribution < 1.29 is 4.79 Å². The van der Waals surface area contributed by atoms with Crippen LogP contribution in [0.3, 0.4) is 0 Å². The standard InChI is InChI=1S/C19H17N7OS/c1-12(2)16-13(11-22-26(16)15-8-4-6-10-21-15)17(27)23-19-25-24-18(28-19)14-7-3-5-9-20-14/h3-12H,1-2H3,(H,23,25,27). The molecule has 0 radical (unpaired) electrons. The fraction of sp³-hybridized carbons (Fsp3) is 0.158. The Morgan fingerprint density at radius 2 is 1.86 bits per heavy atom. The second-order valence-corrected chi connectivity index (χ2v) is 7.26. The highest BCUT2D eigenvalue weighted by molar-refractivity contribution is 7.18. The highest BCUT2D eigenvalue weighted by Gasteiger charge is 2.22. The number of nitrogens with one attached hydrogen (secondary N) is 1. The minimum atomic E-state index is -0.283.